The summed E-state index contributed by atoms with van der Waals surface area (Å²) in [6, 6.07) is 4.59. The zero-order valence-corrected chi connectivity index (χ0v) is 16.6. The summed E-state index contributed by atoms with van der Waals surface area (Å²) in [7, 11) is 1.26. The van der Waals surface area contributed by atoms with Gasteiger partial charge in [-0.3, -0.25) is 0 Å². The Morgan fingerprint density at radius 3 is 2.59 bits per heavy atom. The highest BCUT2D eigenvalue weighted by Crippen LogP contribution is 2.30. The number of rotatable bonds is 8. The Kier molecular flexibility index (Phi) is 7.94. The number of urea groups is 1. The van der Waals surface area contributed by atoms with Crippen LogP contribution in [0.2, 0.25) is 10.0 Å². The van der Waals surface area contributed by atoms with Crippen LogP contribution < -0.4 is 5.32 Å². The highest BCUT2D eigenvalue weighted by atomic mass is 35.5. The van der Waals surface area contributed by atoms with Gasteiger partial charge < -0.3 is 19.4 Å². The molecule has 0 atom stereocenters. The molecule has 0 aliphatic rings. The predicted molar refractivity (Wildman–Crippen MR) is 103 cm³/mol. The van der Waals surface area contributed by atoms with Crippen LogP contribution in [0.3, 0.4) is 0 Å². The molecular weight excluding hydrogens is 393 g/mol. The number of carbonyl (C=O) groups excluding carboxylic acids is 2. The molecular formula is C18H21Cl2N3O4. The molecule has 1 aromatic heterocycles. The van der Waals surface area contributed by atoms with Crippen molar-refractivity contribution in [3.63, 3.8) is 0 Å². The average molecular weight is 414 g/mol. The van der Waals surface area contributed by atoms with Crippen molar-refractivity contribution < 1.29 is 18.7 Å². The van der Waals surface area contributed by atoms with Crippen LogP contribution in [-0.2, 0) is 11.3 Å². The van der Waals surface area contributed by atoms with E-state index >= 15 is 0 Å². The first-order valence-electron chi connectivity index (χ1n) is 8.49. The van der Waals surface area contributed by atoms with Gasteiger partial charge in [-0.1, -0.05) is 49.0 Å². The molecule has 1 aromatic carbocycles. The van der Waals surface area contributed by atoms with Crippen LogP contribution in [0.1, 0.15) is 42.6 Å². The minimum absolute atomic E-state index is 0.0514. The summed E-state index contributed by atoms with van der Waals surface area (Å²) in [6.45, 7) is 2.65. The second-order valence-electron chi connectivity index (χ2n) is 5.77. The molecule has 0 radical (unpaired) electrons. The average Bonchev–Trinajstić information content (AvgIpc) is 3.12. The van der Waals surface area contributed by atoms with Gasteiger partial charge >= 0.3 is 12.0 Å². The monoisotopic (exact) mass is 413 g/mol. The fourth-order valence-electron chi connectivity index (χ4n) is 2.35. The molecule has 0 unspecified atom stereocenters. The number of unbranched alkanes of at least 4 members (excludes halogenated alkanes) is 2. The number of nitrogens with one attached hydrogen (secondary N) is 1. The van der Waals surface area contributed by atoms with Crippen LogP contribution in [-0.4, -0.2) is 35.5 Å². The van der Waals surface area contributed by atoms with Gasteiger partial charge in [0.2, 0.25) is 5.89 Å². The fraction of sp³-hybridized carbons (Fsp3) is 0.389. The number of benzene rings is 1. The zero-order valence-electron chi connectivity index (χ0n) is 15.1. The largest absolute Gasteiger partial charge is 0.464 e. The van der Waals surface area contributed by atoms with Crippen LogP contribution in [0.15, 0.2) is 28.9 Å². The summed E-state index contributed by atoms with van der Waals surface area (Å²) in [5.41, 5.74) is 0.393. The van der Waals surface area contributed by atoms with Gasteiger partial charge in [-0.05, 0) is 18.6 Å². The molecule has 0 aliphatic carbocycles. The molecule has 0 aliphatic heterocycles. The molecule has 2 rings (SSSR count). The van der Waals surface area contributed by atoms with Gasteiger partial charge in [0.15, 0.2) is 5.69 Å². The third kappa shape index (κ3) is 5.87. The Labute approximate surface area is 167 Å². The van der Waals surface area contributed by atoms with E-state index < -0.39 is 5.97 Å². The van der Waals surface area contributed by atoms with Gasteiger partial charge in [-0.2, -0.15) is 0 Å². The van der Waals surface area contributed by atoms with Crippen molar-refractivity contribution in [2.75, 3.05) is 19.0 Å². The molecule has 0 spiro atoms. The standard InChI is InChI=1S/C18H21Cl2N3O4/c1-3-4-5-9-23(10-15-21-14(11-27-15)17(24)26-2)18(25)22-16-12(19)7-6-8-13(16)20/h6-8,11H,3-5,9-10H2,1-2H3,(H,22,25). The zero-order chi connectivity index (χ0) is 19.8. The number of carbonyl (C=O) groups is 2. The molecule has 0 fully saturated rings. The van der Waals surface area contributed by atoms with Crippen molar-refractivity contribution >= 4 is 40.9 Å². The Bertz CT molecular complexity index is 774. The maximum atomic E-state index is 12.7. The number of hydrogen-bond acceptors (Lipinski definition) is 5. The number of para-hydroxylation sites is 1. The molecule has 7 nitrogen and oxygen atoms in total. The Morgan fingerprint density at radius 2 is 1.96 bits per heavy atom. The summed E-state index contributed by atoms with van der Waals surface area (Å²) < 4.78 is 9.89. The number of anilines is 1. The number of ether oxygens (including phenoxy) is 1. The van der Waals surface area contributed by atoms with Crippen molar-refractivity contribution in [3.05, 3.63) is 46.1 Å². The molecule has 27 heavy (non-hydrogen) atoms. The van der Waals surface area contributed by atoms with Gasteiger partial charge in [-0.15, -0.1) is 0 Å². The molecule has 0 saturated carbocycles. The normalized spacial score (nSPS) is 10.5. The number of aromatic nitrogens is 1. The van der Waals surface area contributed by atoms with Crippen LogP contribution in [0.25, 0.3) is 0 Å². The van der Waals surface area contributed by atoms with E-state index in [0.717, 1.165) is 19.3 Å². The molecule has 2 aromatic rings. The van der Waals surface area contributed by atoms with Crippen LogP contribution in [0, 0.1) is 0 Å². The highest BCUT2D eigenvalue weighted by molar-refractivity contribution is 6.39. The summed E-state index contributed by atoms with van der Waals surface area (Å²) in [5, 5.41) is 3.41. The number of amides is 2. The summed E-state index contributed by atoms with van der Waals surface area (Å²) in [4.78, 5) is 29.8. The summed E-state index contributed by atoms with van der Waals surface area (Å²) >= 11 is 12.2. The van der Waals surface area contributed by atoms with Crippen molar-refractivity contribution in [3.8, 4) is 0 Å². The van der Waals surface area contributed by atoms with E-state index in [-0.39, 0.29) is 24.2 Å². The maximum Gasteiger partial charge on any atom is 0.360 e. The van der Waals surface area contributed by atoms with E-state index in [0.29, 0.717) is 22.3 Å². The first kappa shape index (κ1) is 21.1. The fourth-order valence-corrected chi connectivity index (χ4v) is 2.85. The lowest BCUT2D eigenvalue weighted by molar-refractivity contribution is 0.0594. The van der Waals surface area contributed by atoms with E-state index in [2.05, 4.69) is 22.0 Å². The van der Waals surface area contributed by atoms with Gasteiger partial charge in [-0.25, -0.2) is 14.6 Å². The second kappa shape index (κ2) is 10.2. The molecule has 0 saturated heterocycles. The molecule has 2 amide bonds. The summed E-state index contributed by atoms with van der Waals surface area (Å²) in [5.74, 6) is -0.373. The van der Waals surface area contributed by atoms with E-state index in [1.54, 1.807) is 18.2 Å². The Hall–Kier alpha value is -2.25. The second-order valence-corrected chi connectivity index (χ2v) is 6.59. The van der Waals surface area contributed by atoms with Crippen LogP contribution >= 0.6 is 23.2 Å². The smallest absolute Gasteiger partial charge is 0.360 e. The third-order valence-corrected chi connectivity index (χ3v) is 4.42. The van der Waals surface area contributed by atoms with Gasteiger partial charge in [0, 0.05) is 6.54 Å². The van der Waals surface area contributed by atoms with Gasteiger partial charge in [0.1, 0.15) is 6.26 Å². The number of nitrogens with zero attached hydrogens (tertiary/aromatic N) is 2. The maximum absolute atomic E-state index is 12.7. The van der Waals surface area contributed by atoms with Crippen molar-refractivity contribution in [2.45, 2.75) is 32.7 Å². The van der Waals surface area contributed by atoms with Gasteiger partial charge in [0.25, 0.3) is 0 Å². The number of oxazole rings is 1. The number of esters is 1. The molecule has 146 valence electrons. The Balaban J connectivity index is 2.14. The number of methoxy groups -OCH3 is 1. The van der Waals surface area contributed by atoms with E-state index in [1.807, 2.05) is 0 Å². The van der Waals surface area contributed by atoms with Crippen LogP contribution in [0.5, 0.6) is 0 Å². The van der Waals surface area contributed by atoms with E-state index in [4.69, 9.17) is 27.6 Å². The van der Waals surface area contributed by atoms with Gasteiger partial charge in [0.05, 0.1) is 29.4 Å². The molecule has 1 heterocycles. The first-order chi connectivity index (χ1) is 13.0. The van der Waals surface area contributed by atoms with Crippen LogP contribution in [0.4, 0.5) is 10.5 Å². The topological polar surface area (TPSA) is 84.7 Å². The SMILES string of the molecule is CCCCCN(Cc1nc(C(=O)OC)co1)C(=O)Nc1c(Cl)cccc1Cl. The summed E-state index contributed by atoms with van der Waals surface area (Å²) in [6.07, 6.45) is 3.99. The molecule has 9 heteroatoms. The van der Waals surface area contributed by atoms with E-state index in [9.17, 15) is 9.59 Å². The van der Waals surface area contributed by atoms with Crippen molar-refractivity contribution in [1.82, 2.24) is 9.88 Å². The van der Waals surface area contributed by atoms with E-state index in [1.165, 1.54) is 18.3 Å². The number of hydrogen-bond donors (Lipinski definition) is 1. The lowest BCUT2D eigenvalue weighted by Gasteiger charge is -2.22. The Morgan fingerprint density at radius 1 is 1.26 bits per heavy atom. The number of halogens is 2. The minimum atomic E-state index is -0.602. The lowest BCUT2D eigenvalue weighted by atomic mass is 10.2. The quantitative estimate of drug-likeness (QED) is 0.486. The highest BCUT2D eigenvalue weighted by Gasteiger charge is 2.20. The molecule has 1 N–H and O–H groups in total. The molecule has 0 bridgehead atoms. The lowest BCUT2D eigenvalue weighted by Crippen LogP contribution is -2.35. The third-order valence-electron chi connectivity index (χ3n) is 3.79. The van der Waals surface area contributed by atoms with Crippen molar-refractivity contribution in [2.24, 2.45) is 0 Å². The minimum Gasteiger partial charge on any atom is -0.464 e. The first-order valence-corrected chi connectivity index (χ1v) is 9.24. The predicted octanol–water partition coefficient (Wildman–Crippen LogP) is 4.99. The van der Waals surface area contributed by atoms with Crippen molar-refractivity contribution in [1.29, 1.82) is 0 Å².